The van der Waals surface area contributed by atoms with Gasteiger partial charge in [-0.3, -0.25) is 9.97 Å². The zero-order chi connectivity index (χ0) is 17.8. The van der Waals surface area contributed by atoms with E-state index in [0.29, 0.717) is 39.1 Å². The molecule has 0 radical (unpaired) electrons. The third kappa shape index (κ3) is 3.62. The number of benzene rings is 1. The van der Waals surface area contributed by atoms with Crippen molar-refractivity contribution in [3.05, 3.63) is 36.2 Å². The number of nitrogens with zero attached hydrogens (tertiary/aromatic N) is 2. The van der Waals surface area contributed by atoms with Gasteiger partial charge in [0, 0.05) is 29.5 Å². The number of H-pyrrole nitrogens is 1. The Labute approximate surface area is 146 Å². The second-order valence-electron chi connectivity index (χ2n) is 4.96. The van der Waals surface area contributed by atoms with Gasteiger partial charge in [-0.05, 0) is 12.1 Å². The van der Waals surface area contributed by atoms with Gasteiger partial charge in [-0.2, -0.15) is 4.98 Å². The van der Waals surface area contributed by atoms with E-state index in [1.165, 1.54) is 14.2 Å². The van der Waals surface area contributed by atoms with E-state index in [2.05, 4.69) is 15.0 Å². The molecule has 2 aromatic heterocycles. The number of pyridine rings is 1. The highest BCUT2D eigenvalue weighted by molar-refractivity contribution is 7.90. The number of alkyl halides is 1. The molecule has 9 heteroatoms. The van der Waals surface area contributed by atoms with Gasteiger partial charge in [0.1, 0.15) is 11.4 Å². The Morgan fingerprint density at radius 1 is 1.24 bits per heavy atom. The number of imidazole rings is 1. The average molecular weight is 366 g/mol. The van der Waals surface area contributed by atoms with E-state index in [9.17, 15) is 8.94 Å². The molecule has 0 saturated heterocycles. The lowest BCUT2D eigenvalue weighted by Gasteiger charge is -2.12. The normalized spacial score (nSPS) is 12.2. The van der Waals surface area contributed by atoms with Gasteiger partial charge in [-0.25, -0.2) is 4.39 Å². The van der Waals surface area contributed by atoms with Gasteiger partial charge in [-0.15, -0.1) is 0 Å². The summed E-state index contributed by atoms with van der Waals surface area (Å²) in [7, 11) is 3.02. The quantitative estimate of drug-likeness (QED) is 0.510. The zero-order valence-corrected chi connectivity index (χ0v) is 14.4. The zero-order valence-electron chi connectivity index (χ0n) is 13.6. The molecule has 0 aliphatic rings. The summed E-state index contributed by atoms with van der Waals surface area (Å²) in [5.74, 6) is 1.42. The Kier molecular flexibility index (Phi) is 5.25. The van der Waals surface area contributed by atoms with Crippen molar-refractivity contribution in [1.82, 2.24) is 15.0 Å². The van der Waals surface area contributed by atoms with Crippen molar-refractivity contribution in [2.24, 2.45) is 0 Å². The van der Waals surface area contributed by atoms with Crippen molar-refractivity contribution in [2.75, 3.05) is 21.1 Å². The van der Waals surface area contributed by atoms with Crippen LogP contribution in [0.5, 0.6) is 17.2 Å². The summed E-state index contributed by atoms with van der Waals surface area (Å²) >= 11 is -1.48. The summed E-state index contributed by atoms with van der Waals surface area (Å²) in [4.78, 5) is 11.5. The molecule has 0 bridgehead atoms. The average Bonchev–Trinajstić information content (AvgIpc) is 3.05. The third-order valence-corrected chi connectivity index (χ3v) is 4.66. The predicted octanol–water partition coefficient (Wildman–Crippen LogP) is 2.59. The van der Waals surface area contributed by atoms with E-state index in [4.69, 9.17) is 14.2 Å². The number of aromatic amines is 1. The van der Waals surface area contributed by atoms with Crippen molar-refractivity contribution in [1.29, 1.82) is 0 Å². The topological polar surface area (TPSA) is 92.3 Å². The van der Waals surface area contributed by atoms with Gasteiger partial charge in [0.15, 0.2) is 17.3 Å². The summed E-state index contributed by atoms with van der Waals surface area (Å²) in [6.45, 7) is -0.921. The fourth-order valence-corrected chi connectivity index (χ4v) is 3.38. The Morgan fingerprint density at radius 2 is 2.08 bits per heavy atom. The number of rotatable bonds is 7. The summed E-state index contributed by atoms with van der Waals surface area (Å²) in [5, 5.41) is 0.291. The third-order valence-electron chi connectivity index (χ3n) is 3.50. The van der Waals surface area contributed by atoms with Crippen molar-refractivity contribution in [3.63, 3.8) is 0 Å². The van der Waals surface area contributed by atoms with Crippen LogP contribution in [-0.2, 0) is 16.9 Å². The van der Waals surface area contributed by atoms with Crippen LogP contribution in [0.1, 0.15) is 5.69 Å². The Bertz CT molecular complexity index is 874. The summed E-state index contributed by atoms with van der Waals surface area (Å²) in [6, 6.07) is 6.55. The number of ether oxygens (including phenoxy) is 3. The lowest BCUT2D eigenvalue weighted by atomic mass is 10.3. The minimum Gasteiger partial charge on any atom is -0.609 e. The fourth-order valence-electron chi connectivity index (χ4n) is 2.37. The molecule has 3 aromatic rings. The highest BCUT2D eigenvalue weighted by Crippen LogP contribution is 2.31. The van der Waals surface area contributed by atoms with Crippen LogP contribution in [-0.4, -0.2) is 40.6 Å². The number of halogens is 1. The molecule has 1 atom stereocenters. The van der Waals surface area contributed by atoms with E-state index in [1.807, 2.05) is 0 Å². The van der Waals surface area contributed by atoms with Crippen LogP contribution in [0.25, 0.3) is 11.0 Å². The maximum absolute atomic E-state index is 12.7. The first-order valence-electron chi connectivity index (χ1n) is 7.29. The van der Waals surface area contributed by atoms with Crippen LogP contribution in [0.3, 0.4) is 0 Å². The predicted molar refractivity (Wildman–Crippen MR) is 90.2 cm³/mol. The number of hydrogen-bond donors (Lipinski definition) is 1. The van der Waals surface area contributed by atoms with Crippen LogP contribution in [0.4, 0.5) is 4.39 Å². The highest BCUT2D eigenvalue weighted by Gasteiger charge is 2.22. The largest absolute Gasteiger partial charge is 0.609 e. The van der Waals surface area contributed by atoms with Crippen LogP contribution in [0.2, 0.25) is 0 Å². The van der Waals surface area contributed by atoms with Gasteiger partial charge in [0.25, 0.3) is 0 Å². The maximum atomic E-state index is 12.7. The lowest BCUT2D eigenvalue weighted by molar-refractivity contribution is 0.192. The Balaban J connectivity index is 1.86. The van der Waals surface area contributed by atoms with Crippen molar-refractivity contribution in [2.45, 2.75) is 10.9 Å². The second kappa shape index (κ2) is 7.58. The fraction of sp³-hybridized carbons (Fsp3) is 0.250. The molecule has 3 rings (SSSR count). The molecule has 1 N–H and O–H groups in total. The van der Waals surface area contributed by atoms with Crippen molar-refractivity contribution in [3.8, 4) is 17.2 Å². The molecule has 0 spiro atoms. The molecule has 0 amide bonds. The molecule has 25 heavy (non-hydrogen) atoms. The molecule has 0 aliphatic heterocycles. The van der Waals surface area contributed by atoms with Crippen molar-refractivity contribution < 1.29 is 23.2 Å². The van der Waals surface area contributed by atoms with Crippen LogP contribution in [0, 0.1) is 0 Å². The first-order valence-corrected chi connectivity index (χ1v) is 8.61. The highest BCUT2D eigenvalue weighted by atomic mass is 32.2. The van der Waals surface area contributed by atoms with E-state index < -0.39 is 18.0 Å². The van der Waals surface area contributed by atoms with Crippen LogP contribution >= 0.6 is 0 Å². The minimum atomic E-state index is -1.48. The number of fused-ring (bicyclic) bond motifs is 1. The summed E-state index contributed by atoms with van der Waals surface area (Å²) in [5.41, 5.74) is 1.72. The van der Waals surface area contributed by atoms with Crippen LogP contribution < -0.4 is 14.2 Å². The monoisotopic (exact) mass is 366 g/mol. The minimum absolute atomic E-state index is 0.105. The molecule has 2 heterocycles. The number of aromatic nitrogens is 3. The van der Waals surface area contributed by atoms with Gasteiger partial charge in [-0.1, -0.05) is 0 Å². The molecule has 0 saturated carbocycles. The summed E-state index contributed by atoms with van der Waals surface area (Å²) < 4.78 is 40.2. The molecular formula is C16H16FN3O4S. The second-order valence-corrected chi connectivity index (χ2v) is 6.32. The number of hydrogen-bond acceptors (Lipinski definition) is 6. The standard InChI is InChI=1S/C16H16FN3O4S/c1-22-14-5-6-18-13(15(14)23-2)8-25(21)16-19-11-4-3-10(24-9-17)7-12(11)20-16/h3-7H,8-9H2,1-2H3,(H,19,20)/i1+1. The number of nitrogens with one attached hydrogen (secondary N) is 1. The summed E-state index contributed by atoms with van der Waals surface area (Å²) in [6.07, 6.45) is 1.56. The molecule has 0 aliphatic carbocycles. The van der Waals surface area contributed by atoms with E-state index in [1.54, 1.807) is 30.5 Å². The van der Waals surface area contributed by atoms with E-state index in [0.717, 1.165) is 0 Å². The van der Waals surface area contributed by atoms with Gasteiger partial charge in [0.05, 0.1) is 25.3 Å². The Morgan fingerprint density at radius 3 is 2.80 bits per heavy atom. The van der Waals surface area contributed by atoms with Crippen molar-refractivity contribution >= 4 is 22.2 Å². The van der Waals surface area contributed by atoms with Gasteiger partial charge < -0.3 is 18.8 Å². The van der Waals surface area contributed by atoms with Crippen LogP contribution in [0.15, 0.2) is 35.6 Å². The first kappa shape index (κ1) is 17.3. The van der Waals surface area contributed by atoms with E-state index in [-0.39, 0.29) is 5.75 Å². The SMILES string of the molecule is COc1c(O[13CH3])ccnc1C[S+]([O-])c1nc2cc(OCF)ccc2[nH]1. The molecule has 132 valence electrons. The number of methoxy groups -OCH3 is 2. The first-order chi connectivity index (χ1) is 12.2. The molecule has 7 nitrogen and oxygen atoms in total. The molecular weight excluding hydrogens is 350 g/mol. The van der Waals surface area contributed by atoms with Gasteiger partial charge >= 0.3 is 5.16 Å². The van der Waals surface area contributed by atoms with E-state index >= 15 is 0 Å². The molecule has 0 fully saturated rings. The Hall–Kier alpha value is -2.52. The van der Waals surface area contributed by atoms with Gasteiger partial charge in [0.2, 0.25) is 6.86 Å². The molecule has 1 unspecified atom stereocenters. The smallest absolute Gasteiger partial charge is 0.322 e. The lowest BCUT2D eigenvalue weighted by Crippen LogP contribution is -2.10. The maximum Gasteiger partial charge on any atom is 0.322 e. The molecule has 1 aromatic carbocycles.